The van der Waals surface area contributed by atoms with E-state index in [0.717, 1.165) is 18.0 Å². The fourth-order valence-electron chi connectivity index (χ4n) is 3.85. The molecule has 1 aliphatic rings. The standard InChI is InChI=1S/C19H26N2/c1-19(2)9-8-16(13-20-3)17(12-19)15-7-6-14-5-4-10-21-18(14)11-15/h4-7,10-11,16-17,20H,8-9,12-13H2,1-3H3. The van der Waals surface area contributed by atoms with Crippen molar-refractivity contribution in [3.05, 3.63) is 42.1 Å². The van der Waals surface area contributed by atoms with Gasteiger partial charge in [-0.15, -0.1) is 0 Å². The van der Waals surface area contributed by atoms with Gasteiger partial charge in [-0.25, -0.2) is 0 Å². The summed E-state index contributed by atoms with van der Waals surface area (Å²) in [6.45, 7) is 5.94. The summed E-state index contributed by atoms with van der Waals surface area (Å²) in [6, 6.07) is 11.0. The summed E-state index contributed by atoms with van der Waals surface area (Å²) in [5, 5.41) is 4.62. The summed E-state index contributed by atoms with van der Waals surface area (Å²) in [5.41, 5.74) is 3.05. The van der Waals surface area contributed by atoms with E-state index in [1.54, 1.807) is 0 Å². The Kier molecular flexibility index (Phi) is 3.99. The summed E-state index contributed by atoms with van der Waals surface area (Å²) in [4.78, 5) is 4.53. The van der Waals surface area contributed by atoms with Crippen LogP contribution in [0.15, 0.2) is 36.5 Å². The van der Waals surface area contributed by atoms with Gasteiger partial charge in [0.25, 0.3) is 0 Å². The summed E-state index contributed by atoms with van der Waals surface area (Å²) in [7, 11) is 2.07. The van der Waals surface area contributed by atoms with Crippen molar-refractivity contribution < 1.29 is 0 Å². The normalized spacial score (nSPS) is 25.1. The van der Waals surface area contributed by atoms with Crippen molar-refractivity contribution >= 4 is 10.9 Å². The van der Waals surface area contributed by atoms with Gasteiger partial charge in [0.2, 0.25) is 0 Å². The van der Waals surface area contributed by atoms with E-state index >= 15 is 0 Å². The van der Waals surface area contributed by atoms with E-state index in [1.807, 2.05) is 12.3 Å². The molecule has 1 aliphatic carbocycles. The molecule has 1 N–H and O–H groups in total. The third kappa shape index (κ3) is 3.11. The fourth-order valence-corrected chi connectivity index (χ4v) is 3.85. The number of hydrogen-bond acceptors (Lipinski definition) is 2. The molecule has 1 aromatic heterocycles. The van der Waals surface area contributed by atoms with E-state index in [9.17, 15) is 0 Å². The van der Waals surface area contributed by atoms with Crippen LogP contribution in [-0.4, -0.2) is 18.6 Å². The lowest BCUT2D eigenvalue weighted by atomic mass is 9.65. The van der Waals surface area contributed by atoms with Crippen molar-refractivity contribution in [2.24, 2.45) is 11.3 Å². The molecule has 0 amide bonds. The molecule has 3 rings (SSSR count). The first kappa shape index (κ1) is 14.5. The molecule has 2 nitrogen and oxygen atoms in total. The maximum Gasteiger partial charge on any atom is 0.0704 e. The minimum atomic E-state index is 0.452. The molecule has 1 fully saturated rings. The van der Waals surface area contributed by atoms with Gasteiger partial charge in [0.1, 0.15) is 0 Å². The molecular weight excluding hydrogens is 256 g/mol. The van der Waals surface area contributed by atoms with Crippen molar-refractivity contribution in [1.82, 2.24) is 10.3 Å². The van der Waals surface area contributed by atoms with Gasteiger partial charge in [-0.2, -0.15) is 0 Å². The Morgan fingerprint density at radius 3 is 2.95 bits per heavy atom. The molecule has 2 atom stereocenters. The highest BCUT2D eigenvalue weighted by Gasteiger charge is 2.35. The average Bonchev–Trinajstić information content (AvgIpc) is 2.48. The quantitative estimate of drug-likeness (QED) is 0.904. The molecule has 2 unspecified atom stereocenters. The van der Waals surface area contributed by atoms with Crippen LogP contribution in [0.5, 0.6) is 0 Å². The summed E-state index contributed by atoms with van der Waals surface area (Å²) in [6.07, 6.45) is 5.82. The second-order valence-electron chi connectivity index (χ2n) is 7.29. The molecule has 21 heavy (non-hydrogen) atoms. The smallest absolute Gasteiger partial charge is 0.0704 e. The van der Waals surface area contributed by atoms with Crippen molar-refractivity contribution in [2.75, 3.05) is 13.6 Å². The third-order valence-electron chi connectivity index (χ3n) is 5.06. The fraction of sp³-hybridized carbons (Fsp3) is 0.526. The Bertz CT molecular complexity index is 618. The maximum absolute atomic E-state index is 4.53. The largest absolute Gasteiger partial charge is 0.319 e. The van der Waals surface area contributed by atoms with E-state index in [2.05, 4.69) is 55.5 Å². The van der Waals surface area contributed by atoms with Crippen LogP contribution in [0.25, 0.3) is 10.9 Å². The number of pyridine rings is 1. The topological polar surface area (TPSA) is 24.9 Å². The molecule has 0 bridgehead atoms. The Morgan fingerprint density at radius 2 is 2.14 bits per heavy atom. The first-order valence-corrected chi connectivity index (χ1v) is 8.08. The molecule has 1 heterocycles. The lowest BCUT2D eigenvalue weighted by Gasteiger charge is -2.41. The molecule has 0 aliphatic heterocycles. The Morgan fingerprint density at radius 1 is 1.29 bits per heavy atom. The van der Waals surface area contributed by atoms with E-state index in [4.69, 9.17) is 0 Å². The summed E-state index contributed by atoms with van der Waals surface area (Å²) < 4.78 is 0. The van der Waals surface area contributed by atoms with Crippen LogP contribution in [0.2, 0.25) is 0 Å². The van der Waals surface area contributed by atoms with Gasteiger partial charge >= 0.3 is 0 Å². The first-order chi connectivity index (χ1) is 10.1. The lowest BCUT2D eigenvalue weighted by molar-refractivity contribution is 0.161. The minimum absolute atomic E-state index is 0.452. The summed E-state index contributed by atoms with van der Waals surface area (Å²) in [5.74, 6) is 1.39. The van der Waals surface area contributed by atoms with Gasteiger partial charge in [-0.3, -0.25) is 4.98 Å². The molecule has 0 radical (unpaired) electrons. The minimum Gasteiger partial charge on any atom is -0.319 e. The number of fused-ring (bicyclic) bond motifs is 1. The monoisotopic (exact) mass is 282 g/mol. The van der Waals surface area contributed by atoms with Crippen molar-refractivity contribution in [1.29, 1.82) is 0 Å². The Labute approximate surface area is 128 Å². The predicted octanol–water partition coefficient (Wildman–Crippen LogP) is 4.36. The average molecular weight is 282 g/mol. The Hall–Kier alpha value is -1.41. The van der Waals surface area contributed by atoms with Gasteiger partial charge < -0.3 is 5.32 Å². The SMILES string of the molecule is CNCC1CCC(C)(C)CC1c1ccc2cccnc2c1. The molecule has 0 spiro atoms. The van der Waals surface area contributed by atoms with Gasteiger partial charge in [-0.1, -0.05) is 32.0 Å². The highest BCUT2D eigenvalue weighted by atomic mass is 14.8. The third-order valence-corrected chi connectivity index (χ3v) is 5.06. The first-order valence-electron chi connectivity index (χ1n) is 8.08. The van der Waals surface area contributed by atoms with E-state index < -0.39 is 0 Å². The van der Waals surface area contributed by atoms with Crippen LogP contribution < -0.4 is 5.32 Å². The molecule has 0 saturated heterocycles. The number of hydrogen-bond donors (Lipinski definition) is 1. The lowest BCUT2D eigenvalue weighted by Crippen LogP contribution is -2.33. The van der Waals surface area contributed by atoms with Gasteiger partial charge in [0, 0.05) is 11.6 Å². The predicted molar refractivity (Wildman–Crippen MR) is 89.5 cm³/mol. The van der Waals surface area contributed by atoms with Crippen molar-refractivity contribution in [3.8, 4) is 0 Å². The second kappa shape index (κ2) is 5.76. The molecule has 2 aromatic rings. The van der Waals surface area contributed by atoms with Crippen molar-refractivity contribution in [3.63, 3.8) is 0 Å². The van der Waals surface area contributed by atoms with Crippen LogP contribution in [0.3, 0.4) is 0 Å². The number of aromatic nitrogens is 1. The maximum atomic E-state index is 4.53. The zero-order chi connectivity index (χ0) is 14.9. The van der Waals surface area contributed by atoms with Crippen LogP contribution >= 0.6 is 0 Å². The highest BCUT2D eigenvalue weighted by Crippen LogP contribution is 2.46. The summed E-state index contributed by atoms with van der Waals surface area (Å²) >= 11 is 0. The number of benzene rings is 1. The van der Waals surface area contributed by atoms with Crippen LogP contribution in [0.4, 0.5) is 0 Å². The highest BCUT2D eigenvalue weighted by molar-refractivity contribution is 5.79. The number of rotatable bonds is 3. The molecular formula is C19H26N2. The molecule has 2 heteroatoms. The van der Waals surface area contributed by atoms with Crippen LogP contribution in [-0.2, 0) is 0 Å². The van der Waals surface area contributed by atoms with E-state index in [-0.39, 0.29) is 0 Å². The molecule has 1 saturated carbocycles. The van der Waals surface area contributed by atoms with Gasteiger partial charge in [0.15, 0.2) is 0 Å². The van der Waals surface area contributed by atoms with Crippen molar-refractivity contribution in [2.45, 2.75) is 39.0 Å². The second-order valence-corrected chi connectivity index (χ2v) is 7.29. The number of nitrogens with zero attached hydrogens (tertiary/aromatic N) is 1. The molecule has 1 aromatic carbocycles. The Balaban J connectivity index is 1.96. The zero-order valence-corrected chi connectivity index (χ0v) is 13.4. The molecule has 112 valence electrons. The zero-order valence-electron chi connectivity index (χ0n) is 13.4. The van der Waals surface area contributed by atoms with Crippen LogP contribution in [0.1, 0.15) is 44.6 Å². The number of nitrogens with one attached hydrogen (secondary N) is 1. The van der Waals surface area contributed by atoms with E-state index in [0.29, 0.717) is 11.3 Å². The van der Waals surface area contributed by atoms with Gasteiger partial charge in [0.05, 0.1) is 5.52 Å². The van der Waals surface area contributed by atoms with Crippen LogP contribution in [0, 0.1) is 11.3 Å². The van der Waals surface area contributed by atoms with E-state index in [1.165, 1.54) is 30.2 Å². The van der Waals surface area contributed by atoms with Gasteiger partial charge in [-0.05, 0) is 67.8 Å².